The first-order chi connectivity index (χ1) is 7.60. The molecule has 1 heterocycles. The molecule has 1 fully saturated rings. The highest BCUT2D eigenvalue weighted by Gasteiger charge is 2.48. The summed E-state index contributed by atoms with van der Waals surface area (Å²) in [6, 6.07) is 0. The van der Waals surface area contributed by atoms with Crippen molar-refractivity contribution in [3.8, 4) is 0 Å². The van der Waals surface area contributed by atoms with E-state index in [2.05, 4.69) is 6.58 Å². The third kappa shape index (κ3) is 2.10. The SMILES string of the molecule is C=C1CN(C=O)C(CCC)(C(=O)OCC)C1. The van der Waals surface area contributed by atoms with Crippen molar-refractivity contribution in [2.75, 3.05) is 13.2 Å². The van der Waals surface area contributed by atoms with Crippen LogP contribution in [0.2, 0.25) is 0 Å². The van der Waals surface area contributed by atoms with Crippen LogP contribution in [0.3, 0.4) is 0 Å². The van der Waals surface area contributed by atoms with Gasteiger partial charge in [0.2, 0.25) is 6.41 Å². The molecule has 0 aromatic heterocycles. The highest BCUT2D eigenvalue weighted by Crippen LogP contribution is 2.36. The largest absolute Gasteiger partial charge is 0.464 e. The number of rotatable bonds is 5. The van der Waals surface area contributed by atoms with E-state index >= 15 is 0 Å². The number of amides is 1. The Morgan fingerprint density at radius 2 is 2.31 bits per heavy atom. The van der Waals surface area contributed by atoms with Gasteiger partial charge in [-0.15, -0.1) is 0 Å². The summed E-state index contributed by atoms with van der Waals surface area (Å²) in [4.78, 5) is 24.6. The summed E-state index contributed by atoms with van der Waals surface area (Å²) in [5, 5.41) is 0. The van der Waals surface area contributed by atoms with E-state index in [1.807, 2.05) is 6.92 Å². The van der Waals surface area contributed by atoms with Crippen molar-refractivity contribution in [1.29, 1.82) is 0 Å². The maximum Gasteiger partial charge on any atom is 0.332 e. The van der Waals surface area contributed by atoms with Crippen LogP contribution in [0.4, 0.5) is 0 Å². The van der Waals surface area contributed by atoms with Crippen LogP contribution < -0.4 is 0 Å². The van der Waals surface area contributed by atoms with Crippen molar-refractivity contribution in [2.24, 2.45) is 0 Å². The Balaban J connectivity index is 2.98. The van der Waals surface area contributed by atoms with Crippen LogP contribution in [0.1, 0.15) is 33.1 Å². The third-order valence-corrected chi connectivity index (χ3v) is 2.93. The van der Waals surface area contributed by atoms with E-state index in [1.54, 1.807) is 6.92 Å². The predicted octanol–water partition coefficient (Wildman–Crippen LogP) is 1.51. The monoisotopic (exact) mass is 225 g/mol. The van der Waals surface area contributed by atoms with Crippen molar-refractivity contribution in [1.82, 2.24) is 4.90 Å². The van der Waals surface area contributed by atoms with E-state index in [1.165, 1.54) is 4.90 Å². The highest BCUT2D eigenvalue weighted by molar-refractivity contribution is 5.85. The molecule has 1 unspecified atom stereocenters. The van der Waals surface area contributed by atoms with Crippen molar-refractivity contribution in [3.05, 3.63) is 12.2 Å². The van der Waals surface area contributed by atoms with Crippen LogP contribution >= 0.6 is 0 Å². The molecule has 0 aliphatic carbocycles. The van der Waals surface area contributed by atoms with E-state index in [0.29, 0.717) is 26.0 Å². The van der Waals surface area contributed by atoms with Crippen molar-refractivity contribution in [3.63, 3.8) is 0 Å². The molecule has 90 valence electrons. The van der Waals surface area contributed by atoms with Gasteiger partial charge in [0.1, 0.15) is 5.54 Å². The molecule has 4 nitrogen and oxygen atoms in total. The molecule has 1 rings (SSSR count). The Morgan fingerprint density at radius 1 is 1.62 bits per heavy atom. The van der Waals surface area contributed by atoms with Crippen LogP contribution in [0.25, 0.3) is 0 Å². The van der Waals surface area contributed by atoms with Gasteiger partial charge < -0.3 is 9.64 Å². The van der Waals surface area contributed by atoms with Crippen LogP contribution in [0.15, 0.2) is 12.2 Å². The fourth-order valence-corrected chi connectivity index (χ4v) is 2.30. The van der Waals surface area contributed by atoms with E-state index < -0.39 is 5.54 Å². The lowest BCUT2D eigenvalue weighted by atomic mass is 9.90. The fourth-order valence-electron chi connectivity index (χ4n) is 2.30. The number of hydrogen-bond acceptors (Lipinski definition) is 3. The number of carbonyl (C=O) groups is 2. The molecule has 0 radical (unpaired) electrons. The Bertz CT molecular complexity index is 301. The van der Waals surface area contributed by atoms with Gasteiger partial charge in [-0.2, -0.15) is 0 Å². The molecule has 0 aromatic rings. The van der Waals surface area contributed by atoms with Gasteiger partial charge in [-0.25, -0.2) is 4.79 Å². The Morgan fingerprint density at radius 3 is 2.81 bits per heavy atom. The molecule has 1 aliphatic heterocycles. The summed E-state index contributed by atoms with van der Waals surface area (Å²) in [5.74, 6) is -0.303. The lowest BCUT2D eigenvalue weighted by Gasteiger charge is -2.32. The zero-order chi connectivity index (χ0) is 12.2. The van der Waals surface area contributed by atoms with Gasteiger partial charge in [-0.1, -0.05) is 25.5 Å². The predicted molar refractivity (Wildman–Crippen MR) is 60.8 cm³/mol. The second kappa shape index (κ2) is 5.14. The lowest BCUT2D eigenvalue weighted by Crippen LogP contribution is -2.50. The first-order valence-corrected chi connectivity index (χ1v) is 5.66. The fraction of sp³-hybridized carbons (Fsp3) is 0.667. The Labute approximate surface area is 96.3 Å². The first kappa shape index (κ1) is 12.7. The van der Waals surface area contributed by atoms with Crippen LogP contribution in [0.5, 0.6) is 0 Å². The minimum Gasteiger partial charge on any atom is -0.464 e. The molecule has 0 spiro atoms. The number of esters is 1. The number of nitrogens with zero attached hydrogens (tertiary/aromatic N) is 1. The Kier molecular flexibility index (Phi) is 4.10. The summed E-state index contributed by atoms with van der Waals surface area (Å²) in [6.07, 6.45) is 2.71. The zero-order valence-electron chi connectivity index (χ0n) is 9.99. The number of ether oxygens (including phenoxy) is 1. The van der Waals surface area contributed by atoms with E-state index in [4.69, 9.17) is 4.74 Å². The molecular weight excluding hydrogens is 206 g/mol. The van der Waals surface area contributed by atoms with Crippen LogP contribution in [0, 0.1) is 0 Å². The average molecular weight is 225 g/mol. The van der Waals surface area contributed by atoms with Gasteiger partial charge >= 0.3 is 5.97 Å². The molecule has 0 aromatic carbocycles. The number of likely N-dealkylation sites (tertiary alicyclic amines) is 1. The molecule has 0 saturated carbocycles. The molecule has 1 saturated heterocycles. The maximum atomic E-state index is 12.0. The summed E-state index contributed by atoms with van der Waals surface area (Å²) in [6.45, 7) is 8.42. The van der Waals surface area contributed by atoms with E-state index in [-0.39, 0.29) is 5.97 Å². The second-order valence-electron chi connectivity index (χ2n) is 4.16. The molecule has 0 N–H and O–H groups in total. The van der Waals surface area contributed by atoms with Crippen molar-refractivity contribution < 1.29 is 14.3 Å². The lowest BCUT2D eigenvalue weighted by molar-refractivity contribution is -0.159. The van der Waals surface area contributed by atoms with Crippen LogP contribution in [-0.2, 0) is 14.3 Å². The van der Waals surface area contributed by atoms with Gasteiger partial charge in [0, 0.05) is 13.0 Å². The minimum absolute atomic E-state index is 0.303. The molecule has 1 amide bonds. The normalized spacial score (nSPS) is 24.6. The smallest absolute Gasteiger partial charge is 0.332 e. The standard InChI is InChI=1S/C12H19NO3/c1-4-6-12(11(15)16-5-2)7-10(3)8-13(12)9-14/h9H,3-8H2,1-2H3. The molecule has 0 bridgehead atoms. The molecule has 4 heteroatoms. The van der Waals surface area contributed by atoms with Gasteiger partial charge in [-0.3, -0.25) is 4.79 Å². The summed E-state index contributed by atoms with van der Waals surface area (Å²) in [7, 11) is 0. The van der Waals surface area contributed by atoms with Crippen molar-refractivity contribution in [2.45, 2.75) is 38.6 Å². The van der Waals surface area contributed by atoms with Gasteiger partial charge in [0.25, 0.3) is 0 Å². The first-order valence-electron chi connectivity index (χ1n) is 5.66. The summed E-state index contributed by atoms with van der Waals surface area (Å²) >= 11 is 0. The zero-order valence-corrected chi connectivity index (χ0v) is 9.99. The molecule has 16 heavy (non-hydrogen) atoms. The minimum atomic E-state index is -0.802. The van der Waals surface area contributed by atoms with Gasteiger partial charge in [0.05, 0.1) is 6.61 Å². The molecular formula is C12H19NO3. The third-order valence-electron chi connectivity index (χ3n) is 2.93. The average Bonchev–Trinajstić information content (AvgIpc) is 2.57. The highest BCUT2D eigenvalue weighted by atomic mass is 16.5. The maximum absolute atomic E-state index is 12.0. The van der Waals surface area contributed by atoms with Gasteiger partial charge in [0.15, 0.2) is 0 Å². The number of carbonyl (C=O) groups excluding carboxylic acids is 2. The van der Waals surface area contributed by atoms with Crippen molar-refractivity contribution >= 4 is 12.4 Å². The quantitative estimate of drug-likeness (QED) is 0.405. The topological polar surface area (TPSA) is 46.6 Å². The van der Waals surface area contributed by atoms with E-state index in [0.717, 1.165) is 18.4 Å². The van der Waals surface area contributed by atoms with Crippen LogP contribution in [-0.4, -0.2) is 36.0 Å². The molecule has 1 aliphatic rings. The number of hydrogen-bond donors (Lipinski definition) is 0. The molecule has 1 atom stereocenters. The second-order valence-corrected chi connectivity index (χ2v) is 4.16. The van der Waals surface area contributed by atoms with Gasteiger partial charge in [-0.05, 0) is 13.3 Å². The summed E-state index contributed by atoms with van der Waals surface area (Å²) in [5.41, 5.74) is 0.109. The summed E-state index contributed by atoms with van der Waals surface area (Å²) < 4.78 is 5.08. The van der Waals surface area contributed by atoms with E-state index in [9.17, 15) is 9.59 Å². The Hall–Kier alpha value is -1.32.